The normalized spacial score (nSPS) is 16.9. The minimum absolute atomic E-state index is 0.153. The Bertz CT molecular complexity index is 960. The SMILES string of the molecule is CCc1nn(-c2cccc([C@@H]3CCOC3)n2)c2cc(NC(C)=O)ncc12. The highest BCUT2D eigenvalue weighted by atomic mass is 16.5. The number of fused-ring (bicyclic) bond motifs is 1. The van der Waals surface area contributed by atoms with Gasteiger partial charge in [0.25, 0.3) is 0 Å². The molecule has 7 heteroatoms. The second kappa shape index (κ2) is 6.84. The number of carbonyl (C=O) groups excluding carboxylic acids is 1. The number of hydrogen-bond donors (Lipinski definition) is 1. The summed E-state index contributed by atoms with van der Waals surface area (Å²) in [5, 5.41) is 8.44. The third-order valence-electron chi connectivity index (χ3n) is 4.60. The molecular formula is C19H21N5O2. The summed E-state index contributed by atoms with van der Waals surface area (Å²) in [6.45, 7) is 5.03. The second-order valence-corrected chi connectivity index (χ2v) is 6.46. The molecule has 1 fully saturated rings. The van der Waals surface area contributed by atoms with Crippen molar-refractivity contribution in [3.63, 3.8) is 0 Å². The van der Waals surface area contributed by atoms with Gasteiger partial charge in [-0.1, -0.05) is 13.0 Å². The standard InChI is InChI=1S/C19H21N5O2/c1-3-15-14-10-20-18(21-12(2)25)9-17(14)24(23-15)19-6-4-5-16(22-19)13-7-8-26-11-13/h4-6,9-10,13H,3,7-8,11H2,1-2H3,(H,20,21,25)/t13-/m1/s1. The zero-order chi connectivity index (χ0) is 18.1. The number of hydrogen-bond acceptors (Lipinski definition) is 5. The Hall–Kier alpha value is -2.80. The van der Waals surface area contributed by atoms with Crippen molar-refractivity contribution in [1.29, 1.82) is 0 Å². The summed E-state index contributed by atoms with van der Waals surface area (Å²) in [6.07, 6.45) is 3.55. The summed E-state index contributed by atoms with van der Waals surface area (Å²) in [7, 11) is 0. The van der Waals surface area contributed by atoms with Gasteiger partial charge in [-0.05, 0) is 25.0 Å². The lowest BCUT2D eigenvalue weighted by Crippen LogP contribution is -2.08. The minimum Gasteiger partial charge on any atom is -0.381 e. The molecular weight excluding hydrogens is 330 g/mol. The van der Waals surface area contributed by atoms with Crippen molar-refractivity contribution < 1.29 is 9.53 Å². The molecule has 1 atom stereocenters. The van der Waals surface area contributed by atoms with Gasteiger partial charge < -0.3 is 10.1 Å². The van der Waals surface area contributed by atoms with E-state index in [9.17, 15) is 4.79 Å². The Morgan fingerprint density at radius 1 is 1.42 bits per heavy atom. The van der Waals surface area contributed by atoms with Crippen molar-refractivity contribution >= 4 is 22.6 Å². The number of amides is 1. The fraction of sp³-hybridized carbons (Fsp3) is 0.368. The van der Waals surface area contributed by atoms with Crippen LogP contribution in [0, 0.1) is 0 Å². The Morgan fingerprint density at radius 3 is 3.04 bits per heavy atom. The van der Waals surface area contributed by atoms with Crippen LogP contribution in [0.25, 0.3) is 16.7 Å². The third-order valence-corrected chi connectivity index (χ3v) is 4.60. The molecule has 7 nitrogen and oxygen atoms in total. The smallest absolute Gasteiger partial charge is 0.222 e. The molecule has 0 aromatic carbocycles. The molecule has 3 aromatic heterocycles. The zero-order valence-corrected chi connectivity index (χ0v) is 14.9. The molecule has 1 aliphatic heterocycles. The van der Waals surface area contributed by atoms with E-state index in [1.54, 1.807) is 6.20 Å². The molecule has 1 saturated heterocycles. The van der Waals surface area contributed by atoms with Gasteiger partial charge >= 0.3 is 0 Å². The van der Waals surface area contributed by atoms with Gasteiger partial charge in [-0.3, -0.25) is 4.79 Å². The monoisotopic (exact) mass is 351 g/mol. The van der Waals surface area contributed by atoms with Gasteiger partial charge in [0.05, 0.1) is 17.8 Å². The van der Waals surface area contributed by atoms with Crippen LogP contribution in [-0.2, 0) is 16.0 Å². The van der Waals surface area contributed by atoms with Crippen LogP contribution in [-0.4, -0.2) is 38.9 Å². The lowest BCUT2D eigenvalue weighted by molar-refractivity contribution is -0.114. The van der Waals surface area contributed by atoms with Crippen LogP contribution in [0.1, 0.15) is 37.6 Å². The van der Waals surface area contributed by atoms with Gasteiger partial charge in [0.15, 0.2) is 5.82 Å². The van der Waals surface area contributed by atoms with Gasteiger partial charge in [-0.15, -0.1) is 0 Å². The second-order valence-electron chi connectivity index (χ2n) is 6.46. The Kier molecular flexibility index (Phi) is 4.38. The molecule has 1 amide bonds. The average Bonchev–Trinajstić information content (AvgIpc) is 3.29. The summed E-state index contributed by atoms with van der Waals surface area (Å²) in [6, 6.07) is 7.84. The molecule has 0 spiro atoms. The lowest BCUT2D eigenvalue weighted by Gasteiger charge is -2.10. The molecule has 1 aliphatic rings. The fourth-order valence-corrected chi connectivity index (χ4v) is 3.31. The molecule has 0 radical (unpaired) electrons. The molecule has 1 N–H and O–H groups in total. The van der Waals surface area contributed by atoms with Crippen molar-refractivity contribution in [2.45, 2.75) is 32.6 Å². The van der Waals surface area contributed by atoms with E-state index in [4.69, 9.17) is 14.8 Å². The van der Waals surface area contributed by atoms with Crippen LogP contribution < -0.4 is 5.32 Å². The van der Waals surface area contributed by atoms with Crippen LogP contribution >= 0.6 is 0 Å². The Labute approximate surface area is 151 Å². The lowest BCUT2D eigenvalue weighted by atomic mass is 10.0. The predicted octanol–water partition coefficient (Wildman–Crippen LogP) is 2.84. The van der Waals surface area contributed by atoms with E-state index in [2.05, 4.69) is 17.2 Å². The van der Waals surface area contributed by atoms with Crippen LogP contribution in [0.2, 0.25) is 0 Å². The number of nitrogens with one attached hydrogen (secondary N) is 1. The van der Waals surface area contributed by atoms with Crippen molar-refractivity contribution in [2.24, 2.45) is 0 Å². The quantitative estimate of drug-likeness (QED) is 0.781. The summed E-state index contributed by atoms with van der Waals surface area (Å²) in [4.78, 5) is 20.5. The molecule has 0 unspecified atom stereocenters. The predicted molar refractivity (Wildman–Crippen MR) is 98.5 cm³/mol. The van der Waals surface area contributed by atoms with E-state index in [1.807, 2.05) is 28.9 Å². The molecule has 4 heterocycles. The van der Waals surface area contributed by atoms with Gasteiger partial charge in [0.2, 0.25) is 5.91 Å². The number of ether oxygens (including phenoxy) is 1. The first kappa shape index (κ1) is 16.7. The minimum atomic E-state index is -0.153. The first-order valence-electron chi connectivity index (χ1n) is 8.86. The van der Waals surface area contributed by atoms with Crippen molar-refractivity contribution in [1.82, 2.24) is 19.7 Å². The van der Waals surface area contributed by atoms with E-state index in [1.165, 1.54) is 6.92 Å². The van der Waals surface area contributed by atoms with E-state index >= 15 is 0 Å². The van der Waals surface area contributed by atoms with Crippen LogP contribution in [0.4, 0.5) is 5.82 Å². The molecule has 0 bridgehead atoms. The van der Waals surface area contributed by atoms with E-state index in [0.29, 0.717) is 18.3 Å². The van der Waals surface area contributed by atoms with Gasteiger partial charge in [-0.2, -0.15) is 5.10 Å². The molecule has 0 saturated carbocycles. The molecule has 0 aliphatic carbocycles. The third kappa shape index (κ3) is 3.06. The number of pyridine rings is 2. The zero-order valence-electron chi connectivity index (χ0n) is 14.9. The van der Waals surface area contributed by atoms with E-state index in [0.717, 1.165) is 47.6 Å². The van der Waals surface area contributed by atoms with Crippen LogP contribution in [0.3, 0.4) is 0 Å². The highest BCUT2D eigenvalue weighted by Gasteiger charge is 2.20. The number of rotatable bonds is 4. The highest BCUT2D eigenvalue weighted by Crippen LogP contribution is 2.27. The van der Waals surface area contributed by atoms with Gasteiger partial charge in [0, 0.05) is 42.8 Å². The summed E-state index contributed by atoms with van der Waals surface area (Å²) < 4.78 is 7.32. The Balaban J connectivity index is 1.82. The van der Waals surface area contributed by atoms with E-state index in [-0.39, 0.29) is 5.91 Å². The van der Waals surface area contributed by atoms with Gasteiger partial charge in [0.1, 0.15) is 5.82 Å². The Morgan fingerprint density at radius 2 is 2.31 bits per heavy atom. The summed E-state index contributed by atoms with van der Waals surface area (Å²) in [5.74, 6) is 1.45. The highest BCUT2D eigenvalue weighted by molar-refractivity contribution is 5.91. The molecule has 4 rings (SSSR count). The van der Waals surface area contributed by atoms with Gasteiger partial charge in [-0.25, -0.2) is 14.6 Å². The average molecular weight is 351 g/mol. The summed E-state index contributed by atoms with van der Waals surface area (Å²) in [5.41, 5.74) is 2.86. The first-order chi connectivity index (χ1) is 12.7. The number of aryl methyl sites for hydroxylation is 1. The first-order valence-corrected chi connectivity index (χ1v) is 8.86. The van der Waals surface area contributed by atoms with Crippen LogP contribution in [0.5, 0.6) is 0 Å². The maximum absolute atomic E-state index is 11.4. The van der Waals surface area contributed by atoms with Crippen LogP contribution in [0.15, 0.2) is 30.5 Å². The van der Waals surface area contributed by atoms with Crippen molar-refractivity contribution in [2.75, 3.05) is 18.5 Å². The number of anilines is 1. The number of aromatic nitrogens is 4. The topological polar surface area (TPSA) is 81.9 Å². The van der Waals surface area contributed by atoms with Crippen molar-refractivity contribution in [3.8, 4) is 5.82 Å². The van der Waals surface area contributed by atoms with E-state index < -0.39 is 0 Å². The number of nitrogens with zero attached hydrogens (tertiary/aromatic N) is 4. The fourth-order valence-electron chi connectivity index (χ4n) is 3.31. The molecule has 26 heavy (non-hydrogen) atoms. The maximum Gasteiger partial charge on any atom is 0.222 e. The van der Waals surface area contributed by atoms with Crippen molar-refractivity contribution in [3.05, 3.63) is 41.9 Å². The number of carbonyl (C=O) groups is 1. The maximum atomic E-state index is 11.4. The largest absolute Gasteiger partial charge is 0.381 e. The summed E-state index contributed by atoms with van der Waals surface area (Å²) >= 11 is 0. The molecule has 134 valence electrons. The molecule has 3 aromatic rings.